The van der Waals surface area contributed by atoms with Gasteiger partial charge in [0.25, 0.3) is 10.0 Å². The Morgan fingerprint density at radius 3 is 2.38 bits per heavy atom. The SMILES string of the molecule is Cc1ccc(S(=O)(=O)N2C=C([C@@H](C[N+](=O)[O-])c3ccccc3)CC2)cc1. The molecule has 0 N–H and O–H groups in total. The molecule has 0 spiro atoms. The smallest absolute Gasteiger partial charge is 0.263 e. The van der Waals surface area contributed by atoms with Gasteiger partial charge in [0.05, 0.1) is 10.8 Å². The van der Waals surface area contributed by atoms with Crippen LogP contribution < -0.4 is 0 Å². The lowest BCUT2D eigenvalue weighted by Gasteiger charge is -2.16. The first-order chi connectivity index (χ1) is 12.4. The van der Waals surface area contributed by atoms with Crippen molar-refractivity contribution in [1.82, 2.24) is 4.31 Å². The molecular formula is C19H20N2O4S. The molecule has 0 aromatic heterocycles. The van der Waals surface area contributed by atoms with Crippen molar-refractivity contribution in [3.63, 3.8) is 0 Å². The van der Waals surface area contributed by atoms with E-state index in [-0.39, 0.29) is 16.4 Å². The highest BCUT2D eigenvalue weighted by Crippen LogP contribution is 2.33. The fourth-order valence-corrected chi connectivity index (χ4v) is 4.48. The Morgan fingerprint density at radius 2 is 1.77 bits per heavy atom. The van der Waals surface area contributed by atoms with Crippen LogP contribution in [0.15, 0.2) is 71.3 Å². The molecule has 0 saturated heterocycles. The van der Waals surface area contributed by atoms with E-state index >= 15 is 0 Å². The molecule has 0 bridgehead atoms. The topological polar surface area (TPSA) is 80.5 Å². The first-order valence-electron chi connectivity index (χ1n) is 8.34. The standard InChI is InChI=1S/C19H20N2O4S/c1-15-7-9-18(10-8-15)26(24,25)20-12-11-17(13-20)19(14-21(22)23)16-5-3-2-4-6-16/h2-10,13,19H,11-12,14H2,1H3/t19-/m0/s1. The van der Waals surface area contributed by atoms with Gasteiger partial charge in [-0.15, -0.1) is 0 Å². The molecule has 0 saturated carbocycles. The predicted molar refractivity (Wildman–Crippen MR) is 98.8 cm³/mol. The second kappa shape index (κ2) is 7.29. The van der Waals surface area contributed by atoms with Crippen LogP contribution in [-0.2, 0) is 10.0 Å². The minimum atomic E-state index is -3.65. The van der Waals surface area contributed by atoms with Gasteiger partial charge in [-0.25, -0.2) is 8.42 Å². The molecule has 6 nitrogen and oxygen atoms in total. The van der Waals surface area contributed by atoms with Crippen LogP contribution in [0.1, 0.15) is 23.5 Å². The molecule has 3 rings (SSSR count). The number of sulfonamides is 1. The second-order valence-corrected chi connectivity index (χ2v) is 8.25. The van der Waals surface area contributed by atoms with E-state index in [9.17, 15) is 18.5 Å². The van der Waals surface area contributed by atoms with Gasteiger partial charge in [-0.2, -0.15) is 0 Å². The molecule has 2 aromatic carbocycles. The number of hydrogen-bond donors (Lipinski definition) is 0. The Labute approximate surface area is 153 Å². The minimum absolute atomic E-state index is 0.228. The van der Waals surface area contributed by atoms with Crippen LogP contribution in [0.25, 0.3) is 0 Å². The number of rotatable bonds is 6. The molecule has 0 unspecified atom stereocenters. The number of nitrogens with zero attached hydrogens (tertiary/aromatic N) is 2. The van der Waals surface area contributed by atoms with Gasteiger partial charge in [0.15, 0.2) is 0 Å². The zero-order chi connectivity index (χ0) is 18.7. The highest BCUT2D eigenvalue weighted by Gasteiger charge is 2.31. The van der Waals surface area contributed by atoms with Crippen molar-refractivity contribution in [2.24, 2.45) is 0 Å². The fraction of sp³-hybridized carbons (Fsp3) is 0.263. The summed E-state index contributed by atoms with van der Waals surface area (Å²) in [5.74, 6) is -0.426. The zero-order valence-corrected chi connectivity index (χ0v) is 15.2. The Morgan fingerprint density at radius 1 is 1.12 bits per heavy atom. The summed E-state index contributed by atoms with van der Waals surface area (Å²) in [7, 11) is -3.65. The van der Waals surface area contributed by atoms with E-state index < -0.39 is 15.9 Å². The first-order valence-corrected chi connectivity index (χ1v) is 9.78. The van der Waals surface area contributed by atoms with Crippen molar-refractivity contribution in [3.8, 4) is 0 Å². The maximum Gasteiger partial charge on any atom is 0.263 e. The van der Waals surface area contributed by atoms with E-state index in [1.54, 1.807) is 30.5 Å². The summed E-state index contributed by atoms with van der Waals surface area (Å²) in [5.41, 5.74) is 2.57. The molecule has 26 heavy (non-hydrogen) atoms. The molecule has 0 amide bonds. The summed E-state index contributed by atoms with van der Waals surface area (Å²) >= 11 is 0. The van der Waals surface area contributed by atoms with Gasteiger partial charge in [-0.1, -0.05) is 48.0 Å². The van der Waals surface area contributed by atoms with Crippen LogP contribution in [0.4, 0.5) is 0 Å². The summed E-state index contributed by atoms with van der Waals surface area (Å²) in [4.78, 5) is 11.0. The maximum atomic E-state index is 12.8. The van der Waals surface area contributed by atoms with E-state index in [1.165, 1.54) is 4.31 Å². The molecule has 7 heteroatoms. The number of nitro groups is 1. The molecule has 136 valence electrons. The van der Waals surface area contributed by atoms with Gasteiger partial charge in [-0.3, -0.25) is 14.4 Å². The largest absolute Gasteiger partial charge is 0.273 e. The van der Waals surface area contributed by atoms with Crippen molar-refractivity contribution >= 4 is 10.0 Å². The molecule has 1 aliphatic heterocycles. The molecule has 0 fully saturated rings. The molecule has 1 heterocycles. The predicted octanol–water partition coefficient (Wildman–Crippen LogP) is 3.33. The molecular weight excluding hydrogens is 352 g/mol. The monoisotopic (exact) mass is 372 g/mol. The number of benzene rings is 2. The summed E-state index contributed by atoms with van der Waals surface area (Å²) in [6.07, 6.45) is 2.05. The first kappa shape index (κ1) is 18.1. The molecule has 0 aliphatic carbocycles. The number of aryl methyl sites for hydroxylation is 1. The normalized spacial score (nSPS) is 15.6. The van der Waals surface area contributed by atoms with E-state index in [1.807, 2.05) is 37.3 Å². The summed E-state index contributed by atoms with van der Waals surface area (Å²) in [6, 6.07) is 15.9. The summed E-state index contributed by atoms with van der Waals surface area (Å²) in [5, 5.41) is 11.1. The lowest BCUT2D eigenvalue weighted by atomic mass is 9.91. The van der Waals surface area contributed by atoms with Gasteiger partial charge < -0.3 is 0 Å². The van der Waals surface area contributed by atoms with Crippen LogP contribution in [0.5, 0.6) is 0 Å². The van der Waals surface area contributed by atoms with Gasteiger partial charge in [0.1, 0.15) is 0 Å². The third kappa shape index (κ3) is 3.77. The quantitative estimate of drug-likeness (QED) is 0.575. The maximum absolute atomic E-state index is 12.8. The van der Waals surface area contributed by atoms with Crippen LogP contribution in [0.2, 0.25) is 0 Å². The van der Waals surface area contributed by atoms with E-state index in [0.29, 0.717) is 13.0 Å². The molecule has 1 atom stereocenters. The van der Waals surface area contributed by atoms with Crippen LogP contribution >= 0.6 is 0 Å². The molecule has 0 radical (unpaired) electrons. The van der Waals surface area contributed by atoms with Crippen LogP contribution in [0, 0.1) is 17.0 Å². The van der Waals surface area contributed by atoms with E-state index in [2.05, 4.69) is 0 Å². The van der Waals surface area contributed by atoms with Gasteiger partial charge in [0.2, 0.25) is 6.54 Å². The molecule has 2 aromatic rings. The van der Waals surface area contributed by atoms with Crippen LogP contribution in [0.3, 0.4) is 0 Å². The Bertz CT molecular complexity index is 922. The van der Waals surface area contributed by atoms with E-state index in [0.717, 1.165) is 16.7 Å². The van der Waals surface area contributed by atoms with Crippen molar-refractivity contribution in [2.45, 2.75) is 24.2 Å². The lowest BCUT2D eigenvalue weighted by Crippen LogP contribution is -2.23. The van der Waals surface area contributed by atoms with Crippen molar-refractivity contribution in [2.75, 3.05) is 13.1 Å². The number of hydrogen-bond acceptors (Lipinski definition) is 4. The Hall–Kier alpha value is -2.67. The van der Waals surface area contributed by atoms with Gasteiger partial charge in [-0.05, 0) is 36.6 Å². The van der Waals surface area contributed by atoms with Crippen molar-refractivity contribution < 1.29 is 13.3 Å². The Kier molecular flexibility index (Phi) is 5.08. The highest BCUT2D eigenvalue weighted by atomic mass is 32.2. The molecule has 1 aliphatic rings. The van der Waals surface area contributed by atoms with E-state index in [4.69, 9.17) is 0 Å². The van der Waals surface area contributed by atoms with Gasteiger partial charge in [0, 0.05) is 17.7 Å². The summed E-state index contributed by atoms with van der Waals surface area (Å²) in [6.45, 7) is 1.94. The van der Waals surface area contributed by atoms with Gasteiger partial charge >= 0.3 is 0 Å². The third-order valence-corrected chi connectivity index (χ3v) is 6.31. The Balaban J connectivity index is 1.91. The average molecular weight is 372 g/mol. The van der Waals surface area contributed by atoms with Crippen LogP contribution in [-0.4, -0.2) is 30.7 Å². The highest BCUT2D eigenvalue weighted by molar-refractivity contribution is 7.89. The fourth-order valence-electron chi connectivity index (χ4n) is 3.12. The second-order valence-electron chi connectivity index (χ2n) is 6.36. The zero-order valence-electron chi connectivity index (χ0n) is 14.4. The minimum Gasteiger partial charge on any atom is -0.273 e. The average Bonchev–Trinajstić information content (AvgIpc) is 3.11. The lowest BCUT2D eigenvalue weighted by molar-refractivity contribution is -0.482. The third-order valence-electron chi connectivity index (χ3n) is 4.54. The van der Waals surface area contributed by atoms with Crippen molar-refractivity contribution in [1.29, 1.82) is 0 Å². The summed E-state index contributed by atoms with van der Waals surface area (Å²) < 4.78 is 26.9. The van der Waals surface area contributed by atoms with Crippen molar-refractivity contribution in [3.05, 3.63) is 87.6 Å².